The van der Waals surface area contributed by atoms with Gasteiger partial charge in [0, 0.05) is 37.2 Å². The molecule has 3 heterocycles. The third kappa shape index (κ3) is 6.18. The Balaban J connectivity index is 1.40. The van der Waals surface area contributed by atoms with E-state index in [1.165, 1.54) is 18.6 Å². The van der Waals surface area contributed by atoms with Crippen LogP contribution in [0.2, 0.25) is 5.02 Å². The summed E-state index contributed by atoms with van der Waals surface area (Å²) in [5, 5.41) is 2.52. The first-order valence-corrected chi connectivity index (χ1v) is 12.1. The van der Waals surface area contributed by atoms with E-state index in [4.69, 9.17) is 16.3 Å². The van der Waals surface area contributed by atoms with Crippen LogP contribution in [0, 0.1) is 0 Å². The van der Waals surface area contributed by atoms with Gasteiger partial charge in [0.05, 0.1) is 35.0 Å². The van der Waals surface area contributed by atoms with Crippen molar-refractivity contribution >= 4 is 46.1 Å². The summed E-state index contributed by atoms with van der Waals surface area (Å²) in [6, 6.07) is 4.79. The minimum Gasteiger partial charge on any atom is -0.378 e. The molecule has 0 spiro atoms. The van der Waals surface area contributed by atoms with Gasteiger partial charge in [0.2, 0.25) is 0 Å². The van der Waals surface area contributed by atoms with Crippen LogP contribution in [0.25, 0.3) is 0 Å². The summed E-state index contributed by atoms with van der Waals surface area (Å²) in [6.07, 6.45) is -1.85. The van der Waals surface area contributed by atoms with E-state index in [1.807, 2.05) is 4.90 Å². The second kappa shape index (κ2) is 10.9. The van der Waals surface area contributed by atoms with Gasteiger partial charge in [-0.25, -0.2) is 15.0 Å². The molecule has 1 atom stereocenters. The number of nitrogens with one attached hydrogen (secondary N) is 1. The maximum absolute atomic E-state index is 13.1. The summed E-state index contributed by atoms with van der Waals surface area (Å²) in [6.45, 7) is 4.34. The molecule has 190 valence electrons. The van der Waals surface area contributed by atoms with Crippen molar-refractivity contribution in [3.8, 4) is 0 Å². The molecule has 2 aromatic heterocycles. The molecule has 0 unspecified atom stereocenters. The third-order valence-corrected chi connectivity index (χ3v) is 7.02. The standard InChI is InChI=1S/C23H21ClF3N5O3S/c1-13(8-18(33)17-10-20(30-12-29-17)32-4-6-35-7-5-32)22-28-11-19(36-22)21(34)31-14-2-3-16(24)15(9-14)23(25,26)27/h2-3,9-13H,4-8H2,1H3,(H,31,34)/t13-/m1/s1. The number of halogens is 4. The van der Waals surface area contributed by atoms with Gasteiger partial charge in [0.15, 0.2) is 5.78 Å². The average Bonchev–Trinajstić information content (AvgIpc) is 3.36. The minimum atomic E-state index is -4.65. The van der Waals surface area contributed by atoms with Crippen molar-refractivity contribution in [3.63, 3.8) is 0 Å². The Morgan fingerprint density at radius 1 is 1.19 bits per heavy atom. The molecule has 36 heavy (non-hydrogen) atoms. The number of carbonyl (C=O) groups excluding carboxylic acids is 2. The first kappa shape index (κ1) is 26.0. The number of benzene rings is 1. The summed E-state index contributed by atoms with van der Waals surface area (Å²) in [5.41, 5.74) is -0.800. The number of Topliss-reactive ketones (excluding diaryl/α,β-unsaturated/α-hetero) is 1. The van der Waals surface area contributed by atoms with Gasteiger partial charge in [-0.05, 0) is 18.2 Å². The van der Waals surface area contributed by atoms with Crippen molar-refractivity contribution in [2.24, 2.45) is 0 Å². The number of hydrogen-bond donors (Lipinski definition) is 1. The van der Waals surface area contributed by atoms with Gasteiger partial charge < -0.3 is 15.0 Å². The van der Waals surface area contributed by atoms with Crippen LogP contribution in [-0.2, 0) is 10.9 Å². The number of amides is 1. The maximum Gasteiger partial charge on any atom is 0.417 e. The smallest absolute Gasteiger partial charge is 0.378 e. The lowest BCUT2D eigenvalue weighted by atomic mass is 10.0. The van der Waals surface area contributed by atoms with Gasteiger partial charge in [-0.15, -0.1) is 11.3 Å². The van der Waals surface area contributed by atoms with Gasteiger partial charge in [0.1, 0.15) is 22.7 Å². The number of aromatic nitrogens is 3. The first-order valence-electron chi connectivity index (χ1n) is 10.9. The number of morpholine rings is 1. The predicted octanol–water partition coefficient (Wildman–Crippen LogP) is 5.07. The number of hydrogen-bond acceptors (Lipinski definition) is 8. The molecule has 3 aromatic rings. The van der Waals surface area contributed by atoms with E-state index in [0.717, 1.165) is 23.5 Å². The van der Waals surface area contributed by atoms with Crippen LogP contribution in [0.5, 0.6) is 0 Å². The maximum atomic E-state index is 13.1. The second-order valence-electron chi connectivity index (χ2n) is 8.10. The quantitative estimate of drug-likeness (QED) is 0.419. The normalized spacial score (nSPS) is 15.0. The largest absolute Gasteiger partial charge is 0.417 e. The van der Waals surface area contributed by atoms with Crippen LogP contribution in [0.3, 0.4) is 0 Å². The highest BCUT2D eigenvalue weighted by molar-refractivity contribution is 7.13. The molecule has 0 radical (unpaired) electrons. The molecule has 1 aromatic carbocycles. The number of anilines is 2. The Kier molecular flexibility index (Phi) is 7.86. The van der Waals surface area contributed by atoms with Crippen molar-refractivity contribution in [1.29, 1.82) is 0 Å². The summed E-state index contributed by atoms with van der Waals surface area (Å²) < 4.78 is 44.6. The molecule has 1 saturated heterocycles. The molecule has 1 aliphatic heterocycles. The van der Waals surface area contributed by atoms with Gasteiger partial charge >= 0.3 is 6.18 Å². The van der Waals surface area contributed by atoms with Gasteiger partial charge in [0.25, 0.3) is 5.91 Å². The Bertz CT molecular complexity index is 1260. The van der Waals surface area contributed by atoms with Crippen LogP contribution in [0.4, 0.5) is 24.7 Å². The van der Waals surface area contributed by atoms with Gasteiger partial charge in [-0.1, -0.05) is 18.5 Å². The van der Waals surface area contributed by atoms with E-state index in [-0.39, 0.29) is 34.4 Å². The van der Waals surface area contributed by atoms with Crippen LogP contribution in [-0.4, -0.2) is 52.9 Å². The van der Waals surface area contributed by atoms with Crippen molar-refractivity contribution in [2.75, 3.05) is 36.5 Å². The molecule has 1 N–H and O–H groups in total. The SMILES string of the molecule is C[C@H](CC(=O)c1cc(N2CCOCC2)ncn1)c1ncc(C(=O)Nc2ccc(Cl)c(C(F)(F)F)c2)s1. The van der Waals surface area contributed by atoms with Crippen molar-refractivity contribution in [2.45, 2.75) is 25.4 Å². The van der Waals surface area contributed by atoms with Crippen molar-refractivity contribution in [3.05, 3.63) is 63.0 Å². The molecule has 1 aliphatic rings. The fraction of sp³-hybridized carbons (Fsp3) is 0.348. The number of rotatable bonds is 7. The topological polar surface area (TPSA) is 97.3 Å². The van der Waals surface area contributed by atoms with Crippen molar-refractivity contribution in [1.82, 2.24) is 15.0 Å². The Hall–Kier alpha value is -3.09. The summed E-state index contributed by atoms with van der Waals surface area (Å²) in [5.74, 6) is -0.452. The molecule has 13 heteroatoms. The highest BCUT2D eigenvalue weighted by Gasteiger charge is 2.33. The van der Waals surface area contributed by atoms with E-state index in [9.17, 15) is 22.8 Å². The van der Waals surface area contributed by atoms with E-state index in [1.54, 1.807) is 13.0 Å². The molecule has 0 aliphatic carbocycles. The predicted molar refractivity (Wildman–Crippen MR) is 129 cm³/mol. The number of ketones is 1. The van der Waals surface area contributed by atoms with E-state index in [2.05, 4.69) is 20.3 Å². The summed E-state index contributed by atoms with van der Waals surface area (Å²) in [7, 11) is 0. The number of nitrogens with zero attached hydrogens (tertiary/aromatic N) is 4. The Labute approximate surface area is 213 Å². The average molecular weight is 540 g/mol. The molecule has 1 amide bonds. The lowest BCUT2D eigenvalue weighted by molar-refractivity contribution is -0.137. The zero-order valence-electron chi connectivity index (χ0n) is 19.0. The van der Waals surface area contributed by atoms with Crippen LogP contribution < -0.4 is 10.2 Å². The van der Waals surface area contributed by atoms with Crippen LogP contribution >= 0.6 is 22.9 Å². The molecular weight excluding hydrogens is 519 g/mol. The fourth-order valence-corrected chi connectivity index (χ4v) is 4.66. The van der Waals surface area contributed by atoms with Crippen molar-refractivity contribution < 1.29 is 27.5 Å². The second-order valence-corrected chi connectivity index (χ2v) is 9.57. The lowest BCUT2D eigenvalue weighted by Crippen LogP contribution is -2.36. The number of thiazole rings is 1. The Morgan fingerprint density at radius 2 is 1.94 bits per heavy atom. The summed E-state index contributed by atoms with van der Waals surface area (Å²) >= 11 is 6.69. The van der Waals surface area contributed by atoms with E-state index < -0.39 is 22.7 Å². The molecule has 8 nitrogen and oxygen atoms in total. The first-order chi connectivity index (χ1) is 17.1. The zero-order valence-corrected chi connectivity index (χ0v) is 20.6. The summed E-state index contributed by atoms with van der Waals surface area (Å²) in [4.78, 5) is 40.2. The molecule has 1 fully saturated rings. The van der Waals surface area contributed by atoms with Crippen LogP contribution in [0.15, 0.2) is 36.8 Å². The number of ether oxygens (including phenoxy) is 1. The lowest BCUT2D eigenvalue weighted by Gasteiger charge is -2.27. The monoisotopic (exact) mass is 539 g/mol. The van der Waals surface area contributed by atoms with E-state index in [0.29, 0.717) is 37.1 Å². The Morgan fingerprint density at radius 3 is 2.67 bits per heavy atom. The third-order valence-electron chi connectivity index (χ3n) is 5.46. The molecular formula is C23H21ClF3N5O3S. The van der Waals surface area contributed by atoms with Crippen LogP contribution in [0.1, 0.15) is 50.0 Å². The van der Waals surface area contributed by atoms with E-state index >= 15 is 0 Å². The molecule has 0 saturated carbocycles. The number of alkyl halides is 3. The van der Waals surface area contributed by atoms with Gasteiger partial charge in [-0.3, -0.25) is 9.59 Å². The highest BCUT2D eigenvalue weighted by atomic mass is 35.5. The molecule has 0 bridgehead atoms. The van der Waals surface area contributed by atoms with Gasteiger partial charge in [-0.2, -0.15) is 13.2 Å². The zero-order chi connectivity index (χ0) is 25.9. The number of carbonyl (C=O) groups is 2. The minimum absolute atomic E-state index is 0.0465. The fourth-order valence-electron chi connectivity index (χ4n) is 3.57. The molecule has 4 rings (SSSR count). The highest BCUT2D eigenvalue weighted by Crippen LogP contribution is 2.36.